The van der Waals surface area contributed by atoms with E-state index in [1.54, 1.807) is 6.08 Å². The van der Waals surface area contributed by atoms with Crippen molar-refractivity contribution >= 4 is 11.8 Å². The molecule has 0 saturated carbocycles. The maximum absolute atomic E-state index is 4.55. The second kappa shape index (κ2) is 7.44. The maximum Gasteiger partial charge on any atom is 0.0446 e. The molecule has 0 atom stereocenters. The van der Waals surface area contributed by atoms with Gasteiger partial charge in [0.25, 0.3) is 0 Å². The first-order chi connectivity index (χ1) is 8.67. The van der Waals surface area contributed by atoms with Crippen molar-refractivity contribution in [1.82, 2.24) is 0 Å². The first kappa shape index (κ1) is 14.2. The van der Waals surface area contributed by atoms with Gasteiger partial charge in [0.15, 0.2) is 0 Å². The lowest BCUT2D eigenvalue weighted by Gasteiger charge is -2.07. The van der Waals surface area contributed by atoms with Crippen LogP contribution in [0.1, 0.15) is 31.9 Å². The standard InChI is InChI=1S/C17H21N/c1-5-9-15-11-7-8-12-16(15)13-17(10-6-2)18-14(3)4/h5-12H,2,13H2,1,3-4H3/b9-5-,17-10-. The highest BCUT2D eigenvalue weighted by molar-refractivity contribution is 5.80. The molecule has 0 aliphatic carbocycles. The number of hydrogen-bond acceptors (Lipinski definition) is 1. The molecule has 1 aromatic rings. The molecule has 0 fully saturated rings. The maximum atomic E-state index is 4.55. The van der Waals surface area contributed by atoms with Crippen LogP contribution in [-0.4, -0.2) is 5.71 Å². The van der Waals surface area contributed by atoms with E-state index in [0.717, 1.165) is 17.8 Å². The van der Waals surface area contributed by atoms with Crippen molar-refractivity contribution in [2.45, 2.75) is 27.2 Å². The summed E-state index contributed by atoms with van der Waals surface area (Å²) in [5, 5.41) is 0. The van der Waals surface area contributed by atoms with E-state index < -0.39 is 0 Å². The first-order valence-corrected chi connectivity index (χ1v) is 6.21. The molecule has 94 valence electrons. The summed E-state index contributed by atoms with van der Waals surface area (Å²) in [7, 11) is 0. The summed E-state index contributed by atoms with van der Waals surface area (Å²) < 4.78 is 0. The Morgan fingerprint density at radius 1 is 1.28 bits per heavy atom. The van der Waals surface area contributed by atoms with E-state index in [4.69, 9.17) is 0 Å². The van der Waals surface area contributed by atoms with Gasteiger partial charge in [-0.3, -0.25) is 4.99 Å². The van der Waals surface area contributed by atoms with Gasteiger partial charge < -0.3 is 0 Å². The topological polar surface area (TPSA) is 12.4 Å². The van der Waals surface area contributed by atoms with Gasteiger partial charge in [0.05, 0.1) is 0 Å². The molecular weight excluding hydrogens is 218 g/mol. The number of rotatable bonds is 5. The van der Waals surface area contributed by atoms with Gasteiger partial charge in [-0.2, -0.15) is 0 Å². The molecule has 1 nitrogen and oxygen atoms in total. The molecule has 0 N–H and O–H groups in total. The minimum Gasteiger partial charge on any atom is -0.263 e. The van der Waals surface area contributed by atoms with Crippen LogP contribution in [0.15, 0.2) is 59.8 Å². The smallest absolute Gasteiger partial charge is 0.0446 e. The van der Waals surface area contributed by atoms with Gasteiger partial charge in [-0.15, -0.1) is 0 Å². The summed E-state index contributed by atoms with van der Waals surface area (Å²) >= 11 is 0. The fourth-order valence-electron chi connectivity index (χ4n) is 1.79. The van der Waals surface area contributed by atoms with Crippen LogP contribution in [-0.2, 0) is 6.42 Å². The van der Waals surface area contributed by atoms with E-state index in [2.05, 4.69) is 48.0 Å². The van der Waals surface area contributed by atoms with E-state index in [9.17, 15) is 0 Å². The van der Waals surface area contributed by atoms with Crippen molar-refractivity contribution in [2.24, 2.45) is 4.99 Å². The third-order valence-corrected chi connectivity index (χ3v) is 2.45. The van der Waals surface area contributed by atoms with Crippen LogP contribution in [0.3, 0.4) is 0 Å². The highest BCUT2D eigenvalue weighted by Crippen LogP contribution is 2.16. The molecule has 1 aromatic carbocycles. The first-order valence-electron chi connectivity index (χ1n) is 6.21. The largest absolute Gasteiger partial charge is 0.263 e. The van der Waals surface area contributed by atoms with Crippen LogP contribution in [0.5, 0.6) is 0 Å². The van der Waals surface area contributed by atoms with Gasteiger partial charge in [-0.05, 0) is 38.0 Å². The summed E-state index contributed by atoms with van der Waals surface area (Å²) in [6.45, 7) is 9.80. The van der Waals surface area contributed by atoms with E-state index in [1.165, 1.54) is 11.1 Å². The number of nitrogens with zero attached hydrogens (tertiary/aromatic N) is 1. The average molecular weight is 239 g/mol. The molecule has 0 saturated heterocycles. The van der Waals surface area contributed by atoms with Crippen molar-refractivity contribution < 1.29 is 0 Å². The molecule has 0 amide bonds. The molecule has 18 heavy (non-hydrogen) atoms. The lowest BCUT2D eigenvalue weighted by molar-refractivity contribution is 1.10. The summed E-state index contributed by atoms with van der Waals surface area (Å²) in [4.78, 5) is 4.55. The van der Waals surface area contributed by atoms with E-state index in [0.29, 0.717) is 0 Å². The molecule has 0 aliphatic rings. The molecule has 0 bridgehead atoms. The second-order valence-corrected chi connectivity index (χ2v) is 4.33. The Hall–Kier alpha value is -1.89. The fourth-order valence-corrected chi connectivity index (χ4v) is 1.79. The average Bonchev–Trinajstić information content (AvgIpc) is 2.31. The Kier molecular flexibility index (Phi) is 5.86. The van der Waals surface area contributed by atoms with Crippen LogP contribution in [0.25, 0.3) is 6.08 Å². The highest BCUT2D eigenvalue weighted by atomic mass is 14.7. The Balaban J connectivity index is 3.05. The van der Waals surface area contributed by atoms with Crippen molar-refractivity contribution in [3.8, 4) is 0 Å². The van der Waals surface area contributed by atoms with Gasteiger partial charge in [0.2, 0.25) is 0 Å². The van der Waals surface area contributed by atoms with Gasteiger partial charge in [0.1, 0.15) is 0 Å². The van der Waals surface area contributed by atoms with Crippen LogP contribution in [0.4, 0.5) is 0 Å². The molecule has 0 aliphatic heterocycles. The minimum atomic E-state index is 0.831. The molecule has 1 rings (SSSR count). The third kappa shape index (κ3) is 4.54. The van der Waals surface area contributed by atoms with Gasteiger partial charge >= 0.3 is 0 Å². The van der Waals surface area contributed by atoms with Crippen LogP contribution in [0.2, 0.25) is 0 Å². The zero-order valence-electron chi connectivity index (χ0n) is 11.5. The van der Waals surface area contributed by atoms with Gasteiger partial charge in [-0.25, -0.2) is 0 Å². The van der Waals surface area contributed by atoms with Crippen LogP contribution < -0.4 is 0 Å². The van der Waals surface area contributed by atoms with E-state index in [1.807, 2.05) is 26.8 Å². The zero-order chi connectivity index (χ0) is 13.4. The van der Waals surface area contributed by atoms with Crippen LogP contribution in [0, 0.1) is 0 Å². The predicted molar refractivity (Wildman–Crippen MR) is 81.9 cm³/mol. The molecule has 0 heterocycles. The summed E-state index contributed by atoms with van der Waals surface area (Å²) in [5.41, 5.74) is 4.64. The quantitative estimate of drug-likeness (QED) is 0.516. The fraction of sp³-hybridized carbons (Fsp3) is 0.235. The number of allylic oxidation sites excluding steroid dienone is 4. The van der Waals surface area contributed by atoms with E-state index >= 15 is 0 Å². The number of aliphatic imine (C=N–C) groups is 1. The molecule has 0 aromatic heterocycles. The predicted octanol–water partition coefficient (Wildman–Crippen LogP) is 4.81. The van der Waals surface area contributed by atoms with Gasteiger partial charge in [0, 0.05) is 17.8 Å². The van der Waals surface area contributed by atoms with Crippen LogP contribution >= 0.6 is 0 Å². The summed E-state index contributed by atoms with van der Waals surface area (Å²) in [5.74, 6) is 0. The Bertz CT molecular complexity index is 486. The minimum absolute atomic E-state index is 0.831. The number of benzene rings is 1. The molecular formula is C17H21N. The summed E-state index contributed by atoms with van der Waals surface area (Å²) in [6, 6.07) is 8.40. The van der Waals surface area contributed by atoms with Crippen molar-refractivity contribution in [3.05, 3.63) is 65.9 Å². The Morgan fingerprint density at radius 3 is 2.61 bits per heavy atom. The van der Waals surface area contributed by atoms with Crippen molar-refractivity contribution in [1.29, 1.82) is 0 Å². The van der Waals surface area contributed by atoms with Gasteiger partial charge in [-0.1, -0.05) is 49.1 Å². The molecule has 0 spiro atoms. The van der Waals surface area contributed by atoms with E-state index in [-0.39, 0.29) is 0 Å². The summed E-state index contributed by atoms with van der Waals surface area (Å²) in [6.07, 6.45) is 8.78. The second-order valence-electron chi connectivity index (χ2n) is 4.33. The molecule has 1 heteroatoms. The number of hydrogen-bond donors (Lipinski definition) is 0. The van der Waals surface area contributed by atoms with Crippen molar-refractivity contribution in [3.63, 3.8) is 0 Å². The normalized spacial score (nSPS) is 11.6. The highest BCUT2D eigenvalue weighted by Gasteiger charge is 2.01. The Morgan fingerprint density at radius 2 is 2.00 bits per heavy atom. The molecule has 0 radical (unpaired) electrons. The molecule has 0 unspecified atom stereocenters. The Labute approximate surface area is 110 Å². The third-order valence-electron chi connectivity index (χ3n) is 2.45. The lowest BCUT2D eigenvalue weighted by atomic mass is 10.0. The monoisotopic (exact) mass is 239 g/mol. The lowest BCUT2D eigenvalue weighted by Crippen LogP contribution is -1.94. The SMILES string of the molecule is C=C/C=C(/Cc1ccccc1/C=C\C)N=C(C)C. The zero-order valence-corrected chi connectivity index (χ0v) is 11.5. The van der Waals surface area contributed by atoms with Crippen molar-refractivity contribution in [2.75, 3.05) is 0 Å².